The molecule has 0 saturated carbocycles. The zero-order valence-corrected chi connectivity index (χ0v) is 14.4. The van der Waals surface area contributed by atoms with Crippen molar-refractivity contribution in [3.63, 3.8) is 0 Å². The fraction of sp³-hybridized carbons (Fsp3) is 0.263. The highest BCUT2D eigenvalue weighted by Crippen LogP contribution is 2.11. The number of nitrogens with one attached hydrogen (secondary N) is 2. The molecule has 0 aliphatic heterocycles. The van der Waals surface area contributed by atoms with Gasteiger partial charge in [0.25, 0.3) is 5.91 Å². The van der Waals surface area contributed by atoms with Crippen LogP contribution in [0.2, 0.25) is 0 Å². The maximum absolute atomic E-state index is 13.4. The van der Waals surface area contributed by atoms with Gasteiger partial charge in [0.15, 0.2) is 0 Å². The normalized spacial score (nSPS) is 10.3. The Bertz CT molecular complexity index is 764. The van der Waals surface area contributed by atoms with Gasteiger partial charge >= 0.3 is 0 Å². The highest BCUT2D eigenvalue weighted by Gasteiger charge is 2.08. The van der Waals surface area contributed by atoms with E-state index in [0.717, 1.165) is 0 Å². The highest BCUT2D eigenvalue weighted by molar-refractivity contribution is 5.94. The Morgan fingerprint density at radius 1 is 1.00 bits per heavy atom. The molecule has 0 aliphatic rings. The first-order valence-corrected chi connectivity index (χ1v) is 8.15. The first-order chi connectivity index (χ1) is 12.5. The number of benzene rings is 2. The summed E-state index contributed by atoms with van der Waals surface area (Å²) in [5, 5.41) is 5.24. The van der Waals surface area contributed by atoms with Gasteiger partial charge in [0.1, 0.15) is 17.4 Å². The Morgan fingerprint density at radius 2 is 1.69 bits per heavy atom. The number of carbonyl (C=O) groups is 2. The number of carbonyl (C=O) groups excluding carboxylic acids is 2. The Labute approximate surface area is 150 Å². The summed E-state index contributed by atoms with van der Waals surface area (Å²) in [5.41, 5.74) is 0.698. The molecule has 0 aromatic heterocycles. The molecule has 2 rings (SSSR count). The van der Waals surface area contributed by atoms with Gasteiger partial charge in [-0.25, -0.2) is 8.78 Å². The van der Waals surface area contributed by atoms with Crippen LogP contribution < -0.4 is 15.4 Å². The van der Waals surface area contributed by atoms with E-state index in [1.807, 2.05) is 0 Å². The standard InChI is InChI=1S/C19H20F2N2O3/c1-13-2-3-14(12-17(13)21)19(25)23-10-9-22-18(24)8-11-26-16-6-4-15(20)5-7-16/h2-7,12H,8-11H2,1H3,(H,22,24)(H,23,25). The number of aryl methyl sites for hydroxylation is 1. The lowest BCUT2D eigenvalue weighted by Crippen LogP contribution is -2.35. The highest BCUT2D eigenvalue weighted by atomic mass is 19.1. The van der Waals surface area contributed by atoms with Crippen LogP contribution in [0, 0.1) is 18.6 Å². The molecule has 26 heavy (non-hydrogen) atoms. The summed E-state index contributed by atoms with van der Waals surface area (Å²) in [7, 11) is 0. The van der Waals surface area contributed by atoms with E-state index < -0.39 is 11.7 Å². The quantitative estimate of drug-likeness (QED) is 0.710. The van der Waals surface area contributed by atoms with Crippen molar-refractivity contribution in [1.82, 2.24) is 10.6 Å². The third-order valence-electron chi connectivity index (χ3n) is 3.58. The van der Waals surface area contributed by atoms with Crippen molar-refractivity contribution in [2.24, 2.45) is 0 Å². The maximum Gasteiger partial charge on any atom is 0.251 e. The molecule has 0 spiro atoms. The Balaban J connectivity index is 1.61. The predicted octanol–water partition coefficient (Wildman–Crippen LogP) is 2.59. The Hall–Kier alpha value is -2.96. The van der Waals surface area contributed by atoms with E-state index in [2.05, 4.69) is 10.6 Å². The molecule has 5 nitrogen and oxygen atoms in total. The second-order valence-electron chi connectivity index (χ2n) is 5.62. The van der Waals surface area contributed by atoms with E-state index in [-0.39, 0.29) is 43.4 Å². The lowest BCUT2D eigenvalue weighted by molar-refractivity contribution is -0.121. The topological polar surface area (TPSA) is 67.4 Å². The van der Waals surface area contributed by atoms with Crippen LogP contribution in [0.15, 0.2) is 42.5 Å². The molecule has 138 valence electrons. The fourth-order valence-corrected chi connectivity index (χ4v) is 2.09. The molecule has 0 unspecified atom stereocenters. The molecule has 0 atom stereocenters. The molecule has 2 aromatic carbocycles. The van der Waals surface area contributed by atoms with E-state index in [0.29, 0.717) is 11.3 Å². The number of hydrogen-bond acceptors (Lipinski definition) is 3. The molecule has 2 N–H and O–H groups in total. The van der Waals surface area contributed by atoms with Gasteiger partial charge in [-0.15, -0.1) is 0 Å². The van der Waals surface area contributed by atoms with Crippen LogP contribution in [0.3, 0.4) is 0 Å². The van der Waals surface area contributed by atoms with Crippen molar-refractivity contribution in [1.29, 1.82) is 0 Å². The van der Waals surface area contributed by atoms with Crippen LogP contribution in [0.4, 0.5) is 8.78 Å². The van der Waals surface area contributed by atoms with Crippen molar-refractivity contribution >= 4 is 11.8 Å². The van der Waals surface area contributed by atoms with E-state index in [9.17, 15) is 18.4 Å². The second-order valence-corrected chi connectivity index (χ2v) is 5.62. The predicted molar refractivity (Wildman–Crippen MR) is 93.0 cm³/mol. The van der Waals surface area contributed by atoms with Crippen LogP contribution in [0.1, 0.15) is 22.3 Å². The molecule has 0 bridgehead atoms. The summed E-state index contributed by atoms with van der Waals surface area (Å²) in [6.07, 6.45) is 0.133. The number of ether oxygens (including phenoxy) is 1. The number of amides is 2. The van der Waals surface area contributed by atoms with Crippen molar-refractivity contribution in [2.45, 2.75) is 13.3 Å². The van der Waals surface area contributed by atoms with E-state index >= 15 is 0 Å². The van der Waals surface area contributed by atoms with Gasteiger partial charge in [-0.2, -0.15) is 0 Å². The maximum atomic E-state index is 13.4. The zero-order valence-electron chi connectivity index (χ0n) is 14.4. The summed E-state index contributed by atoms with van der Waals surface area (Å²) in [6, 6.07) is 9.77. The molecule has 0 saturated heterocycles. The minimum absolute atomic E-state index is 0.133. The summed E-state index contributed by atoms with van der Waals surface area (Å²) in [6.45, 7) is 2.24. The third-order valence-corrected chi connectivity index (χ3v) is 3.58. The van der Waals surface area contributed by atoms with Crippen LogP contribution in [-0.4, -0.2) is 31.5 Å². The van der Waals surface area contributed by atoms with Gasteiger partial charge in [0.05, 0.1) is 13.0 Å². The number of rotatable bonds is 8. The van der Waals surface area contributed by atoms with E-state index in [1.54, 1.807) is 13.0 Å². The second kappa shape index (κ2) is 9.50. The van der Waals surface area contributed by atoms with Gasteiger partial charge in [0, 0.05) is 18.7 Å². The number of hydrogen-bond donors (Lipinski definition) is 2. The summed E-state index contributed by atoms with van der Waals surface area (Å²) >= 11 is 0. The molecule has 0 heterocycles. The van der Waals surface area contributed by atoms with Crippen LogP contribution in [-0.2, 0) is 4.79 Å². The van der Waals surface area contributed by atoms with Crippen molar-refractivity contribution < 1.29 is 23.1 Å². The lowest BCUT2D eigenvalue weighted by atomic mass is 10.1. The van der Waals surface area contributed by atoms with Gasteiger partial charge in [-0.1, -0.05) is 6.07 Å². The first kappa shape index (κ1) is 19.4. The summed E-state index contributed by atoms with van der Waals surface area (Å²) in [5.74, 6) is -0.949. The minimum atomic E-state index is -0.438. The van der Waals surface area contributed by atoms with E-state index in [1.165, 1.54) is 36.4 Å². The summed E-state index contributed by atoms with van der Waals surface area (Å²) < 4.78 is 31.5. The fourth-order valence-electron chi connectivity index (χ4n) is 2.09. The molecular formula is C19H20F2N2O3. The average molecular weight is 362 g/mol. The van der Waals surface area contributed by atoms with Gasteiger partial charge < -0.3 is 15.4 Å². The Kier molecular flexibility index (Phi) is 7.08. The van der Waals surface area contributed by atoms with Crippen LogP contribution in [0.5, 0.6) is 5.75 Å². The van der Waals surface area contributed by atoms with Gasteiger partial charge in [0.2, 0.25) is 5.91 Å². The first-order valence-electron chi connectivity index (χ1n) is 8.15. The SMILES string of the molecule is Cc1ccc(C(=O)NCCNC(=O)CCOc2ccc(F)cc2)cc1F. The molecule has 7 heteroatoms. The molecule has 2 aromatic rings. The van der Waals surface area contributed by atoms with Gasteiger partial charge in [-0.05, 0) is 48.9 Å². The smallest absolute Gasteiger partial charge is 0.251 e. The Morgan fingerprint density at radius 3 is 2.38 bits per heavy atom. The summed E-state index contributed by atoms with van der Waals surface area (Å²) in [4.78, 5) is 23.5. The monoisotopic (exact) mass is 362 g/mol. The zero-order chi connectivity index (χ0) is 18.9. The van der Waals surface area contributed by atoms with Crippen LogP contribution in [0.25, 0.3) is 0 Å². The van der Waals surface area contributed by atoms with Crippen molar-refractivity contribution in [3.8, 4) is 5.75 Å². The van der Waals surface area contributed by atoms with E-state index in [4.69, 9.17) is 4.74 Å². The van der Waals surface area contributed by atoms with Gasteiger partial charge in [-0.3, -0.25) is 9.59 Å². The van der Waals surface area contributed by atoms with Crippen molar-refractivity contribution in [2.75, 3.05) is 19.7 Å². The molecular weight excluding hydrogens is 342 g/mol. The third kappa shape index (κ3) is 6.16. The molecule has 2 amide bonds. The average Bonchev–Trinajstić information content (AvgIpc) is 2.62. The number of halogens is 2. The molecule has 0 aliphatic carbocycles. The molecule has 0 radical (unpaired) electrons. The molecule has 0 fully saturated rings. The van der Waals surface area contributed by atoms with Crippen molar-refractivity contribution in [3.05, 3.63) is 65.2 Å². The lowest BCUT2D eigenvalue weighted by Gasteiger charge is -2.09. The van der Waals surface area contributed by atoms with Crippen LogP contribution >= 0.6 is 0 Å². The minimum Gasteiger partial charge on any atom is -0.493 e. The largest absolute Gasteiger partial charge is 0.493 e.